The Morgan fingerprint density at radius 2 is 2.21 bits per heavy atom. The molecule has 2 aromatic rings. The number of rotatable bonds is 4. The van der Waals surface area contributed by atoms with Gasteiger partial charge >= 0.3 is 5.69 Å². The van der Waals surface area contributed by atoms with E-state index in [1.54, 1.807) is 0 Å². The third kappa shape index (κ3) is 2.36. The average molecular weight is 280 g/mol. The first kappa shape index (κ1) is 12.9. The first-order valence-electron chi connectivity index (χ1n) is 5.04. The van der Waals surface area contributed by atoms with Crippen molar-refractivity contribution < 1.29 is 14.5 Å². The third-order valence-corrected chi connectivity index (χ3v) is 3.53. The molecule has 0 atom stereocenters. The summed E-state index contributed by atoms with van der Waals surface area (Å²) in [6.07, 6.45) is 2.49. The number of hydrogen-bond donors (Lipinski definition) is 1. The van der Waals surface area contributed by atoms with Crippen molar-refractivity contribution in [2.45, 2.75) is 6.92 Å². The molecule has 0 aliphatic carbocycles. The van der Waals surface area contributed by atoms with Crippen molar-refractivity contribution in [3.05, 3.63) is 39.0 Å². The molecule has 2 rings (SSSR count). The highest BCUT2D eigenvalue weighted by Crippen LogP contribution is 2.32. The van der Waals surface area contributed by atoms with E-state index in [1.807, 2.05) is 0 Å². The van der Waals surface area contributed by atoms with Gasteiger partial charge in [0, 0.05) is 12.3 Å². The fourth-order valence-electron chi connectivity index (χ4n) is 1.40. The van der Waals surface area contributed by atoms with E-state index in [1.165, 1.54) is 25.4 Å². The Labute approximate surface area is 110 Å². The Bertz CT molecular complexity index is 688. The molecule has 9 heteroatoms. The molecule has 0 aliphatic rings. The summed E-state index contributed by atoms with van der Waals surface area (Å²) in [7, 11) is 0. The zero-order valence-corrected chi connectivity index (χ0v) is 10.5. The lowest BCUT2D eigenvalue weighted by molar-refractivity contribution is -0.384. The van der Waals surface area contributed by atoms with Crippen LogP contribution in [0.1, 0.15) is 27.0 Å². The van der Waals surface area contributed by atoms with Crippen molar-refractivity contribution in [2.24, 2.45) is 5.73 Å². The number of carbonyl (C=O) groups excluding carboxylic acids is 2. The minimum absolute atomic E-state index is 0.132. The van der Waals surface area contributed by atoms with Crippen LogP contribution in [0.25, 0.3) is 5.00 Å². The quantitative estimate of drug-likeness (QED) is 0.511. The van der Waals surface area contributed by atoms with Crippen LogP contribution < -0.4 is 5.73 Å². The molecule has 1 amide bonds. The van der Waals surface area contributed by atoms with Gasteiger partial charge in [-0.1, -0.05) is 0 Å². The van der Waals surface area contributed by atoms with Crippen LogP contribution in [-0.2, 0) is 0 Å². The van der Waals surface area contributed by atoms with E-state index in [-0.39, 0.29) is 26.9 Å². The molecule has 0 aromatic carbocycles. The lowest BCUT2D eigenvalue weighted by Crippen LogP contribution is -2.09. The summed E-state index contributed by atoms with van der Waals surface area (Å²) in [6, 6.07) is 1.19. The van der Waals surface area contributed by atoms with Gasteiger partial charge < -0.3 is 5.73 Å². The Hall–Kier alpha value is -2.55. The van der Waals surface area contributed by atoms with E-state index in [0.717, 1.165) is 16.0 Å². The maximum atomic E-state index is 11.3. The highest BCUT2D eigenvalue weighted by molar-refractivity contribution is 7.17. The number of Topliss-reactive ketones (excluding diaryl/α,β-unsaturated/α-hetero) is 1. The van der Waals surface area contributed by atoms with E-state index in [4.69, 9.17) is 5.73 Å². The summed E-state index contributed by atoms with van der Waals surface area (Å²) in [5.41, 5.74) is 4.97. The number of ketones is 1. The zero-order chi connectivity index (χ0) is 14.2. The second-order valence-electron chi connectivity index (χ2n) is 3.65. The minimum Gasteiger partial charge on any atom is -0.366 e. The fourth-order valence-corrected chi connectivity index (χ4v) is 2.36. The highest BCUT2D eigenvalue weighted by Gasteiger charge is 2.23. The molecule has 0 spiro atoms. The molecule has 0 radical (unpaired) electrons. The number of primary amides is 1. The van der Waals surface area contributed by atoms with E-state index >= 15 is 0 Å². The molecule has 0 bridgehead atoms. The van der Waals surface area contributed by atoms with Crippen molar-refractivity contribution in [1.82, 2.24) is 9.78 Å². The van der Waals surface area contributed by atoms with Crippen molar-refractivity contribution in [3.8, 4) is 5.00 Å². The molecule has 2 N–H and O–H groups in total. The summed E-state index contributed by atoms with van der Waals surface area (Å²) in [5, 5.41) is 14.9. The van der Waals surface area contributed by atoms with Crippen molar-refractivity contribution in [3.63, 3.8) is 0 Å². The van der Waals surface area contributed by atoms with Crippen LogP contribution in [0, 0.1) is 10.1 Å². The first-order valence-corrected chi connectivity index (χ1v) is 5.86. The maximum Gasteiger partial charge on any atom is 0.306 e. The predicted octanol–water partition coefficient (Wildman–Crippen LogP) is 1.14. The molecular formula is C10H8N4O4S. The molecular weight excluding hydrogens is 272 g/mol. The van der Waals surface area contributed by atoms with Crippen LogP contribution >= 0.6 is 11.3 Å². The largest absolute Gasteiger partial charge is 0.366 e. The topological polar surface area (TPSA) is 121 Å². The monoisotopic (exact) mass is 280 g/mol. The van der Waals surface area contributed by atoms with Crippen LogP contribution in [-0.4, -0.2) is 26.4 Å². The van der Waals surface area contributed by atoms with Crippen LogP contribution in [0.4, 0.5) is 5.69 Å². The van der Waals surface area contributed by atoms with E-state index in [9.17, 15) is 19.7 Å². The number of thiophene rings is 1. The van der Waals surface area contributed by atoms with Crippen molar-refractivity contribution in [1.29, 1.82) is 0 Å². The van der Waals surface area contributed by atoms with Crippen molar-refractivity contribution in [2.75, 3.05) is 0 Å². The number of hydrogen-bond acceptors (Lipinski definition) is 6. The second-order valence-corrected chi connectivity index (χ2v) is 4.68. The van der Waals surface area contributed by atoms with Crippen LogP contribution in [0.3, 0.4) is 0 Å². The Morgan fingerprint density at radius 3 is 2.68 bits per heavy atom. The van der Waals surface area contributed by atoms with E-state index in [2.05, 4.69) is 5.10 Å². The molecule has 0 fully saturated rings. The smallest absolute Gasteiger partial charge is 0.306 e. The van der Waals surface area contributed by atoms with Gasteiger partial charge in [-0.3, -0.25) is 19.7 Å². The molecule has 2 heterocycles. The number of amides is 1. The Kier molecular flexibility index (Phi) is 3.13. The fraction of sp³-hybridized carbons (Fsp3) is 0.100. The number of nitrogens with zero attached hydrogens (tertiary/aromatic N) is 3. The van der Waals surface area contributed by atoms with Gasteiger partial charge in [0.1, 0.15) is 0 Å². The number of nitrogens with two attached hydrogens (primary N) is 1. The van der Waals surface area contributed by atoms with Crippen LogP contribution in [0.2, 0.25) is 0 Å². The van der Waals surface area contributed by atoms with Crippen molar-refractivity contribution >= 4 is 28.7 Å². The van der Waals surface area contributed by atoms with Gasteiger partial charge in [0.05, 0.1) is 21.6 Å². The normalized spacial score (nSPS) is 10.4. The first-order chi connectivity index (χ1) is 8.90. The number of aromatic nitrogens is 2. The summed E-state index contributed by atoms with van der Waals surface area (Å²) < 4.78 is 1.16. The van der Waals surface area contributed by atoms with E-state index < -0.39 is 10.8 Å². The lowest BCUT2D eigenvalue weighted by atomic mass is 10.3. The second kappa shape index (κ2) is 4.61. The van der Waals surface area contributed by atoms with Gasteiger partial charge in [0.15, 0.2) is 10.8 Å². The molecule has 0 aliphatic heterocycles. The molecule has 0 unspecified atom stereocenters. The number of carbonyl (C=O) groups is 2. The molecule has 8 nitrogen and oxygen atoms in total. The average Bonchev–Trinajstić information content (AvgIpc) is 2.95. The van der Waals surface area contributed by atoms with Gasteiger partial charge in [-0.25, -0.2) is 4.68 Å². The van der Waals surface area contributed by atoms with Gasteiger partial charge in [0.2, 0.25) is 0 Å². The highest BCUT2D eigenvalue weighted by atomic mass is 32.1. The SMILES string of the molecule is CC(=O)c1cc([N+](=O)[O-])c(-n2cc(C(N)=O)cn2)s1. The molecule has 0 saturated heterocycles. The lowest BCUT2D eigenvalue weighted by Gasteiger charge is -1.95. The van der Waals surface area contributed by atoms with Gasteiger partial charge in [-0.05, 0) is 6.92 Å². The minimum atomic E-state index is -0.683. The van der Waals surface area contributed by atoms with Gasteiger partial charge in [-0.15, -0.1) is 11.3 Å². The van der Waals surface area contributed by atoms with Gasteiger partial charge in [-0.2, -0.15) is 5.10 Å². The van der Waals surface area contributed by atoms with Crippen LogP contribution in [0.15, 0.2) is 18.5 Å². The molecule has 2 aromatic heterocycles. The van der Waals surface area contributed by atoms with Crippen LogP contribution in [0.5, 0.6) is 0 Å². The Morgan fingerprint density at radius 1 is 1.53 bits per heavy atom. The third-order valence-electron chi connectivity index (χ3n) is 2.31. The maximum absolute atomic E-state index is 11.3. The molecule has 19 heavy (non-hydrogen) atoms. The molecule has 0 saturated carbocycles. The summed E-state index contributed by atoms with van der Waals surface area (Å²) in [6.45, 7) is 1.32. The van der Waals surface area contributed by atoms with Gasteiger partial charge in [0.25, 0.3) is 5.91 Å². The molecule has 98 valence electrons. The standard InChI is InChI=1S/C10H8N4O4S/c1-5(15)8-2-7(14(17)18)10(19-8)13-4-6(3-12-13)9(11)16/h2-4H,1H3,(H2,11,16). The van der Waals surface area contributed by atoms with E-state index in [0.29, 0.717) is 0 Å². The zero-order valence-electron chi connectivity index (χ0n) is 9.69. The Balaban J connectivity index is 2.56. The predicted molar refractivity (Wildman–Crippen MR) is 66.6 cm³/mol. The summed E-state index contributed by atoms with van der Waals surface area (Å²) >= 11 is 0.931. The summed E-state index contributed by atoms with van der Waals surface area (Å²) in [5.74, 6) is -0.959. The number of nitro groups is 1. The summed E-state index contributed by atoms with van der Waals surface area (Å²) in [4.78, 5) is 32.8.